The molecule has 1 aliphatic carbocycles. The Bertz CT molecular complexity index is 626. The van der Waals surface area contributed by atoms with Crippen LogP contribution in [0.25, 0.3) is 10.9 Å². The molecule has 1 atom stereocenters. The van der Waals surface area contributed by atoms with Gasteiger partial charge in [-0.1, -0.05) is 37.5 Å². The van der Waals surface area contributed by atoms with Crippen molar-refractivity contribution in [1.29, 1.82) is 0 Å². The van der Waals surface area contributed by atoms with E-state index in [1.54, 1.807) is 0 Å². The zero-order valence-corrected chi connectivity index (χ0v) is 13.8. The van der Waals surface area contributed by atoms with Gasteiger partial charge in [0, 0.05) is 29.2 Å². The molecule has 2 aromatic rings. The van der Waals surface area contributed by atoms with Crippen LogP contribution in [0.15, 0.2) is 24.3 Å². The van der Waals surface area contributed by atoms with Crippen LogP contribution >= 0.6 is 0 Å². The third-order valence-corrected chi connectivity index (χ3v) is 5.19. The van der Waals surface area contributed by atoms with Crippen LogP contribution in [0.4, 0.5) is 0 Å². The van der Waals surface area contributed by atoms with Gasteiger partial charge in [0.25, 0.3) is 0 Å². The highest BCUT2D eigenvalue weighted by molar-refractivity contribution is 5.85. The van der Waals surface area contributed by atoms with E-state index in [4.69, 9.17) is 0 Å². The number of fused-ring (bicyclic) bond motifs is 1. The summed E-state index contributed by atoms with van der Waals surface area (Å²) in [7, 11) is 0. The monoisotopic (exact) mass is 300 g/mol. The van der Waals surface area contributed by atoms with Crippen molar-refractivity contribution >= 4 is 10.9 Å². The van der Waals surface area contributed by atoms with Gasteiger partial charge in [-0.15, -0.1) is 0 Å². The molecular formula is C19H28N2O. The Labute approximate surface area is 133 Å². The third kappa shape index (κ3) is 3.21. The van der Waals surface area contributed by atoms with Gasteiger partial charge in [-0.2, -0.15) is 0 Å². The number of aliphatic hydroxyl groups excluding tert-OH is 1. The molecule has 0 aliphatic heterocycles. The predicted molar refractivity (Wildman–Crippen MR) is 92.3 cm³/mol. The molecule has 1 heterocycles. The summed E-state index contributed by atoms with van der Waals surface area (Å²) in [5.74, 6) is 0. The molecule has 22 heavy (non-hydrogen) atoms. The van der Waals surface area contributed by atoms with E-state index >= 15 is 0 Å². The first-order chi connectivity index (χ1) is 10.7. The van der Waals surface area contributed by atoms with Crippen molar-refractivity contribution in [1.82, 2.24) is 9.88 Å². The van der Waals surface area contributed by atoms with Gasteiger partial charge in [-0.05, 0) is 38.3 Å². The molecule has 0 amide bonds. The molecule has 1 saturated carbocycles. The van der Waals surface area contributed by atoms with Crippen LogP contribution in [0.3, 0.4) is 0 Å². The standard InChI is InChI=1S/C19H28N2O/c1-14-15(2)21(19-11-7-6-10-18(14)19)13-17(22)12-20-16-8-4-3-5-9-16/h6-7,10-11,16-17,20,22H,3-5,8-9,12-13H2,1-2H3/t17-/m1/s1. The lowest BCUT2D eigenvalue weighted by Crippen LogP contribution is -2.38. The summed E-state index contributed by atoms with van der Waals surface area (Å²) in [6.45, 7) is 5.67. The summed E-state index contributed by atoms with van der Waals surface area (Å²) in [4.78, 5) is 0. The van der Waals surface area contributed by atoms with E-state index < -0.39 is 0 Å². The van der Waals surface area contributed by atoms with E-state index in [-0.39, 0.29) is 6.10 Å². The van der Waals surface area contributed by atoms with Gasteiger partial charge in [0.15, 0.2) is 0 Å². The Balaban J connectivity index is 1.66. The van der Waals surface area contributed by atoms with E-state index in [2.05, 4.69) is 48.0 Å². The van der Waals surface area contributed by atoms with E-state index in [0.29, 0.717) is 19.1 Å². The molecular weight excluding hydrogens is 272 g/mol. The van der Waals surface area contributed by atoms with Crippen molar-refractivity contribution in [2.75, 3.05) is 6.54 Å². The van der Waals surface area contributed by atoms with E-state index in [9.17, 15) is 5.11 Å². The van der Waals surface area contributed by atoms with Gasteiger partial charge in [0.2, 0.25) is 0 Å². The zero-order valence-electron chi connectivity index (χ0n) is 13.8. The van der Waals surface area contributed by atoms with Gasteiger partial charge in [-0.3, -0.25) is 0 Å². The lowest BCUT2D eigenvalue weighted by molar-refractivity contribution is 0.145. The topological polar surface area (TPSA) is 37.2 Å². The maximum atomic E-state index is 10.4. The molecule has 0 unspecified atom stereocenters. The highest BCUT2D eigenvalue weighted by atomic mass is 16.3. The number of nitrogens with zero attached hydrogens (tertiary/aromatic N) is 1. The number of aromatic nitrogens is 1. The number of rotatable bonds is 5. The SMILES string of the molecule is Cc1c(C)n(C[C@H](O)CNC2CCCCC2)c2ccccc12. The quantitative estimate of drug-likeness (QED) is 0.886. The molecule has 1 aliphatic rings. The number of para-hydroxylation sites is 1. The Morgan fingerprint density at radius 1 is 1.18 bits per heavy atom. The number of benzene rings is 1. The largest absolute Gasteiger partial charge is 0.390 e. The first-order valence-electron chi connectivity index (χ1n) is 8.62. The van der Waals surface area contributed by atoms with Crippen LogP contribution in [-0.4, -0.2) is 28.4 Å². The molecule has 1 aromatic carbocycles. The van der Waals surface area contributed by atoms with Crippen molar-refractivity contribution in [3.05, 3.63) is 35.5 Å². The average Bonchev–Trinajstić information content (AvgIpc) is 2.79. The summed E-state index contributed by atoms with van der Waals surface area (Å²) in [6.07, 6.45) is 6.21. The van der Waals surface area contributed by atoms with E-state index in [0.717, 1.165) is 0 Å². The molecule has 3 heteroatoms. The van der Waals surface area contributed by atoms with Crippen LogP contribution in [0.5, 0.6) is 0 Å². The van der Waals surface area contributed by atoms with Gasteiger partial charge in [0.1, 0.15) is 0 Å². The lowest BCUT2D eigenvalue weighted by atomic mass is 9.95. The summed E-state index contributed by atoms with van der Waals surface area (Å²) >= 11 is 0. The second-order valence-electron chi connectivity index (χ2n) is 6.74. The van der Waals surface area contributed by atoms with Crippen molar-refractivity contribution in [2.45, 2.75) is 64.6 Å². The normalized spacial score (nSPS) is 18.0. The second kappa shape index (κ2) is 6.84. The fourth-order valence-electron chi connectivity index (χ4n) is 3.72. The number of hydrogen-bond donors (Lipinski definition) is 2. The van der Waals surface area contributed by atoms with Crippen molar-refractivity contribution in [2.24, 2.45) is 0 Å². The molecule has 0 radical (unpaired) electrons. The van der Waals surface area contributed by atoms with Gasteiger partial charge < -0.3 is 15.0 Å². The number of hydrogen-bond acceptors (Lipinski definition) is 2. The molecule has 0 spiro atoms. The van der Waals surface area contributed by atoms with Gasteiger partial charge in [0.05, 0.1) is 12.6 Å². The van der Waals surface area contributed by atoms with E-state index in [1.807, 2.05) is 0 Å². The Morgan fingerprint density at radius 3 is 2.68 bits per heavy atom. The lowest BCUT2D eigenvalue weighted by Gasteiger charge is -2.24. The third-order valence-electron chi connectivity index (χ3n) is 5.19. The first-order valence-corrected chi connectivity index (χ1v) is 8.62. The first kappa shape index (κ1) is 15.6. The van der Waals surface area contributed by atoms with Crippen LogP contribution in [0.1, 0.15) is 43.4 Å². The fraction of sp³-hybridized carbons (Fsp3) is 0.579. The minimum atomic E-state index is -0.337. The molecule has 0 bridgehead atoms. The van der Waals surface area contributed by atoms with Gasteiger partial charge >= 0.3 is 0 Å². The molecule has 120 valence electrons. The van der Waals surface area contributed by atoms with Crippen LogP contribution in [-0.2, 0) is 6.54 Å². The number of nitrogens with one attached hydrogen (secondary N) is 1. The molecule has 1 aromatic heterocycles. The summed E-state index contributed by atoms with van der Waals surface area (Å²) in [5, 5.41) is 15.3. The zero-order chi connectivity index (χ0) is 15.5. The second-order valence-corrected chi connectivity index (χ2v) is 6.74. The molecule has 3 nitrogen and oxygen atoms in total. The van der Waals surface area contributed by atoms with Crippen molar-refractivity contribution < 1.29 is 5.11 Å². The van der Waals surface area contributed by atoms with Gasteiger partial charge in [-0.25, -0.2) is 0 Å². The molecule has 0 saturated heterocycles. The number of aliphatic hydroxyl groups is 1. The number of aryl methyl sites for hydroxylation is 1. The maximum Gasteiger partial charge on any atom is 0.0843 e. The predicted octanol–water partition coefficient (Wildman–Crippen LogP) is 3.54. The fourth-order valence-corrected chi connectivity index (χ4v) is 3.72. The molecule has 3 rings (SSSR count). The highest BCUT2D eigenvalue weighted by Crippen LogP contribution is 2.25. The Morgan fingerprint density at radius 2 is 1.91 bits per heavy atom. The summed E-state index contributed by atoms with van der Waals surface area (Å²) in [5.41, 5.74) is 3.81. The highest BCUT2D eigenvalue weighted by Gasteiger charge is 2.16. The Hall–Kier alpha value is -1.32. The maximum absolute atomic E-state index is 10.4. The molecule has 2 N–H and O–H groups in total. The minimum absolute atomic E-state index is 0.337. The Kier molecular flexibility index (Phi) is 4.84. The van der Waals surface area contributed by atoms with Crippen LogP contribution in [0, 0.1) is 13.8 Å². The van der Waals surface area contributed by atoms with Crippen LogP contribution < -0.4 is 5.32 Å². The summed E-state index contributed by atoms with van der Waals surface area (Å²) in [6, 6.07) is 9.08. The van der Waals surface area contributed by atoms with Crippen molar-refractivity contribution in [3.63, 3.8) is 0 Å². The summed E-state index contributed by atoms with van der Waals surface area (Å²) < 4.78 is 2.26. The van der Waals surface area contributed by atoms with Crippen molar-refractivity contribution in [3.8, 4) is 0 Å². The smallest absolute Gasteiger partial charge is 0.0843 e. The average molecular weight is 300 g/mol. The minimum Gasteiger partial charge on any atom is -0.390 e. The molecule has 1 fully saturated rings. The van der Waals surface area contributed by atoms with E-state index in [1.165, 1.54) is 54.3 Å². The van der Waals surface area contributed by atoms with Crippen LogP contribution in [0.2, 0.25) is 0 Å².